The molecule has 0 aliphatic heterocycles. The smallest absolute Gasteiger partial charge is 0.273 e. The molecule has 0 aromatic heterocycles. The van der Waals surface area contributed by atoms with Gasteiger partial charge in [0.25, 0.3) is 5.91 Å². The van der Waals surface area contributed by atoms with E-state index in [1.807, 2.05) is 24.3 Å². The average Bonchev–Trinajstić information content (AvgIpc) is 2.67. The number of amides is 1. The van der Waals surface area contributed by atoms with Crippen LogP contribution in [0.2, 0.25) is 5.02 Å². The number of hydrogen-bond acceptors (Lipinski definition) is 4. The highest BCUT2D eigenvalue weighted by Crippen LogP contribution is 2.23. The van der Waals surface area contributed by atoms with E-state index in [1.54, 1.807) is 18.2 Å². The summed E-state index contributed by atoms with van der Waals surface area (Å²) in [5.74, 6) is 0.605. The Labute approximate surface area is 162 Å². The van der Waals surface area contributed by atoms with E-state index in [4.69, 9.17) is 33.3 Å². The summed E-state index contributed by atoms with van der Waals surface area (Å²) in [4.78, 5) is 12.3. The topological polar surface area (TPSA) is 71.6 Å². The van der Waals surface area contributed by atoms with Crippen molar-refractivity contribution in [3.05, 3.63) is 58.6 Å². The first-order valence-corrected chi connectivity index (χ1v) is 8.62. The summed E-state index contributed by atoms with van der Waals surface area (Å²) in [6.45, 7) is 0.617. The first kappa shape index (κ1) is 19.8. The van der Waals surface area contributed by atoms with Crippen molar-refractivity contribution in [2.75, 3.05) is 20.8 Å². The van der Waals surface area contributed by atoms with Gasteiger partial charge in [0.2, 0.25) is 0 Å². The lowest BCUT2D eigenvalue weighted by molar-refractivity contribution is 0.0940. The summed E-state index contributed by atoms with van der Waals surface area (Å²) < 4.78 is 10.3. The highest BCUT2D eigenvalue weighted by Gasteiger charge is 2.13. The fraction of sp³-hybridized carbons (Fsp3) is 0.222. The molecule has 3 N–H and O–H groups in total. The average molecular weight is 394 g/mol. The molecule has 2 aromatic carbocycles. The molecule has 0 saturated carbocycles. The fourth-order valence-corrected chi connectivity index (χ4v) is 2.47. The summed E-state index contributed by atoms with van der Waals surface area (Å²) in [5.41, 5.74) is 6.67. The molecule has 0 saturated heterocycles. The summed E-state index contributed by atoms with van der Waals surface area (Å²) >= 11 is 11.0. The van der Waals surface area contributed by atoms with Gasteiger partial charge in [-0.05, 0) is 54.5 Å². The number of hydrogen-bond donors (Lipinski definition) is 3. The van der Waals surface area contributed by atoms with E-state index >= 15 is 0 Å². The second kappa shape index (κ2) is 9.84. The number of carbonyl (C=O) groups is 1. The third-order valence-corrected chi connectivity index (χ3v) is 4.05. The molecule has 2 aromatic rings. The van der Waals surface area contributed by atoms with E-state index < -0.39 is 0 Å². The normalized spacial score (nSPS) is 9.96. The predicted molar refractivity (Wildman–Crippen MR) is 106 cm³/mol. The van der Waals surface area contributed by atoms with Crippen molar-refractivity contribution in [2.45, 2.75) is 6.42 Å². The Morgan fingerprint density at radius 2 is 1.81 bits per heavy atom. The second-order valence-electron chi connectivity index (χ2n) is 5.28. The molecular formula is C18H20ClN3O3S. The van der Waals surface area contributed by atoms with Crippen LogP contribution in [0.1, 0.15) is 15.9 Å². The molecule has 0 aliphatic rings. The minimum atomic E-state index is -0.386. The molecular weight excluding hydrogens is 374 g/mol. The van der Waals surface area contributed by atoms with Crippen molar-refractivity contribution in [1.82, 2.24) is 16.2 Å². The molecule has 0 radical (unpaired) electrons. The molecule has 1 amide bonds. The van der Waals surface area contributed by atoms with E-state index in [0.29, 0.717) is 33.7 Å². The molecule has 6 nitrogen and oxygen atoms in total. The summed E-state index contributed by atoms with van der Waals surface area (Å²) in [6.07, 6.45) is 0.774. The van der Waals surface area contributed by atoms with Crippen LogP contribution in [0.25, 0.3) is 0 Å². The third-order valence-electron chi connectivity index (χ3n) is 3.55. The molecule has 2 rings (SSSR count). The Bertz CT molecular complexity index is 769. The van der Waals surface area contributed by atoms with Gasteiger partial charge in [-0.1, -0.05) is 23.7 Å². The third kappa shape index (κ3) is 5.79. The zero-order chi connectivity index (χ0) is 18.9. The predicted octanol–water partition coefficient (Wildman–Crippen LogP) is 2.71. The second-order valence-corrected chi connectivity index (χ2v) is 6.12. The van der Waals surface area contributed by atoms with Crippen LogP contribution in [0.3, 0.4) is 0 Å². The first-order valence-electron chi connectivity index (χ1n) is 7.84. The number of ether oxygens (including phenoxy) is 2. The number of methoxy groups -OCH3 is 2. The van der Waals surface area contributed by atoms with Crippen molar-refractivity contribution < 1.29 is 14.3 Å². The molecule has 0 spiro atoms. The van der Waals surface area contributed by atoms with Gasteiger partial charge in [-0.2, -0.15) is 0 Å². The van der Waals surface area contributed by atoms with Crippen molar-refractivity contribution in [3.63, 3.8) is 0 Å². The van der Waals surface area contributed by atoms with Crippen molar-refractivity contribution in [1.29, 1.82) is 0 Å². The largest absolute Gasteiger partial charge is 0.497 e. The van der Waals surface area contributed by atoms with Crippen LogP contribution in [0.4, 0.5) is 0 Å². The molecule has 0 aliphatic carbocycles. The molecule has 0 unspecified atom stereocenters. The van der Waals surface area contributed by atoms with Gasteiger partial charge in [-0.15, -0.1) is 0 Å². The maximum Gasteiger partial charge on any atom is 0.273 e. The number of carbonyl (C=O) groups excluding carboxylic acids is 1. The lowest BCUT2D eigenvalue weighted by atomic mass is 10.1. The Morgan fingerprint density at radius 1 is 1.08 bits per heavy atom. The maximum atomic E-state index is 12.3. The lowest BCUT2D eigenvalue weighted by Gasteiger charge is -2.13. The highest BCUT2D eigenvalue weighted by atomic mass is 35.5. The number of rotatable bonds is 6. The van der Waals surface area contributed by atoms with Crippen molar-refractivity contribution in [2.24, 2.45) is 0 Å². The number of halogens is 1. The number of thiocarbonyl (C=S) groups is 1. The minimum Gasteiger partial charge on any atom is -0.497 e. The van der Waals surface area contributed by atoms with Gasteiger partial charge in [-0.3, -0.25) is 15.6 Å². The molecule has 138 valence electrons. The Hall–Kier alpha value is -2.51. The van der Waals surface area contributed by atoms with E-state index in [1.165, 1.54) is 14.2 Å². The van der Waals surface area contributed by atoms with Crippen LogP contribution < -0.4 is 25.6 Å². The van der Waals surface area contributed by atoms with Crippen molar-refractivity contribution >= 4 is 34.8 Å². The van der Waals surface area contributed by atoms with Gasteiger partial charge in [0, 0.05) is 11.6 Å². The van der Waals surface area contributed by atoms with E-state index in [-0.39, 0.29) is 5.91 Å². The lowest BCUT2D eigenvalue weighted by Crippen LogP contribution is -2.47. The van der Waals surface area contributed by atoms with E-state index in [0.717, 1.165) is 12.0 Å². The molecule has 0 bridgehead atoms. The number of benzene rings is 2. The van der Waals surface area contributed by atoms with Crippen LogP contribution in [0.15, 0.2) is 42.5 Å². The molecule has 8 heteroatoms. The van der Waals surface area contributed by atoms with E-state index in [2.05, 4.69) is 16.2 Å². The van der Waals surface area contributed by atoms with Gasteiger partial charge in [-0.25, -0.2) is 0 Å². The minimum absolute atomic E-state index is 0.314. The quantitative estimate of drug-likeness (QED) is 0.517. The number of hydrazine groups is 1. The molecule has 26 heavy (non-hydrogen) atoms. The van der Waals surface area contributed by atoms with Crippen LogP contribution in [0.5, 0.6) is 11.5 Å². The van der Waals surface area contributed by atoms with Gasteiger partial charge in [0.15, 0.2) is 5.11 Å². The van der Waals surface area contributed by atoms with Gasteiger partial charge in [0.05, 0.1) is 19.8 Å². The van der Waals surface area contributed by atoms with Gasteiger partial charge >= 0.3 is 0 Å². The summed E-state index contributed by atoms with van der Waals surface area (Å²) in [7, 11) is 3.02. The molecule has 0 heterocycles. The van der Waals surface area contributed by atoms with Crippen molar-refractivity contribution in [3.8, 4) is 11.5 Å². The van der Waals surface area contributed by atoms with E-state index in [9.17, 15) is 4.79 Å². The van der Waals surface area contributed by atoms with Crippen LogP contribution in [0, 0.1) is 0 Å². The number of nitrogens with one attached hydrogen (secondary N) is 3. The summed E-state index contributed by atoms with van der Waals surface area (Å²) in [5, 5.41) is 4.04. The van der Waals surface area contributed by atoms with Crippen LogP contribution in [-0.4, -0.2) is 31.8 Å². The zero-order valence-electron chi connectivity index (χ0n) is 14.5. The van der Waals surface area contributed by atoms with Gasteiger partial charge in [0.1, 0.15) is 11.5 Å². The Balaban J connectivity index is 1.81. The monoisotopic (exact) mass is 393 g/mol. The van der Waals surface area contributed by atoms with Crippen LogP contribution >= 0.6 is 23.8 Å². The summed E-state index contributed by atoms with van der Waals surface area (Å²) in [6, 6.07) is 12.6. The molecule has 0 fully saturated rings. The van der Waals surface area contributed by atoms with Crippen LogP contribution in [-0.2, 0) is 6.42 Å². The SMILES string of the molecule is COc1ccc(OC)c(C(=O)NNC(=S)NCCc2ccc(Cl)cc2)c1. The molecule has 0 atom stereocenters. The highest BCUT2D eigenvalue weighted by molar-refractivity contribution is 7.80. The van der Waals surface area contributed by atoms with Gasteiger partial charge < -0.3 is 14.8 Å². The Kier molecular flexibility index (Phi) is 7.50. The fourth-order valence-electron chi connectivity index (χ4n) is 2.19. The zero-order valence-corrected chi connectivity index (χ0v) is 16.0. The maximum absolute atomic E-state index is 12.3. The standard InChI is InChI=1S/C18H20ClN3O3S/c1-24-14-7-8-16(25-2)15(11-14)17(23)21-22-18(26)20-10-9-12-3-5-13(19)6-4-12/h3-8,11H,9-10H2,1-2H3,(H,21,23)(H2,20,22,26). The Morgan fingerprint density at radius 3 is 2.46 bits per heavy atom. The first-order chi connectivity index (χ1) is 12.5.